The fraction of sp³-hybridized carbons (Fsp3) is 0.333. The number of fused-ring (bicyclic) bond motifs is 1. The summed E-state index contributed by atoms with van der Waals surface area (Å²) in [5.74, 6) is 0.652. The molecule has 0 spiro atoms. The molecule has 0 radical (unpaired) electrons. The largest absolute Gasteiger partial charge is 0.346 e. The van der Waals surface area contributed by atoms with Gasteiger partial charge in [-0.1, -0.05) is 13.0 Å². The molecular formula is C21H24N4O3S. The van der Waals surface area contributed by atoms with Crippen molar-refractivity contribution in [3.63, 3.8) is 0 Å². The molecule has 152 valence electrons. The highest BCUT2D eigenvalue weighted by molar-refractivity contribution is 7.92. The molecule has 0 saturated heterocycles. The maximum atomic E-state index is 12.0. The summed E-state index contributed by atoms with van der Waals surface area (Å²) in [5, 5.41) is 0.958. The van der Waals surface area contributed by atoms with Crippen LogP contribution in [0.15, 0.2) is 36.5 Å². The molecule has 7 nitrogen and oxygen atoms in total. The zero-order valence-electron chi connectivity index (χ0n) is 16.5. The van der Waals surface area contributed by atoms with Gasteiger partial charge in [0.25, 0.3) is 0 Å². The van der Waals surface area contributed by atoms with Crippen LogP contribution in [0.25, 0.3) is 22.2 Å². The van der Waals surface area contributed by atoms with Gasteiger partial charge in [-0.2, -0.15) is 0 Å². The van der Waals surface area contributed by atoms with E-state index in [4.69, 9.17) is 0 Å². The first-order valence-electron chi connectivity index (χ1n) is 9.81. The van der Waals surface area contributed by atoms with Crippen LogP contribution < -0.4 is 9.62 Å². The molecule has 2 aromatic heterocycles. The lowest BCUT2D eigenvalue weighted by Crippen LogP contribution is -2.24. The number of anilines is 2. The number of pyridine rings is 1. The van der Waals surface area contributed by atoms with Crippen LogP contribution in [0.3, 0.4) is 0 Å². The summed E-state index contributed by atoms with van der Waals surface area (Å²) >= 11 is 0. The molecule has 1 fully saturated rings. The minimum Gasteiger partial charge on any atom is -0.346 e. The molecule has 29 heavy (non-hydrogen) atoms. The SMILES string of the molecule is CCc1cc(-c2cc(N(C=O)C3CC3)nc3[nH]ccc23)ccc1NS(=O)(=O)CC. The van der Waals surface area contributed by atoms with Gasteiger partial charge in [-0.15, -0.1) is 0 Å². The summed E-state index contributed by atoms with van der Waals surface area (Å²) < 4.78 is 26.6. The molecule has 0 bridgehead atoms. The van der Waals surface area contributed by atoms with Crippen molar-refractivity contribution in [2.24, 2.45) is 0 Å². The van der Waals surface area contributed by atoms with E-state index in [1.54, 1.807) is 17.9 Å². The van der Waals surface area contributed by atoms with Crippen molar-refractivity contribution >= 4 is 39.0 Å². The third-order valence-electron chi connectivity index (χ3n) is 5.28. The maximum Gasteiger partial charge on any atom is 0.232 e. The Hall–Kier alpha value is -2.87. The van der Waals surface area contributed by atoms with Crippen LogP contribution in [0.2, 0.25) is 0 Å². The molecule has 1 aliphatic rings. The van der Waals surface area contributed by atoms with Crippen molar-refractivity contribution in [3.05, 3.63) is 42.1 Å². The summed E-state index contributed by atoms with van der Waals surface area (Å²) in [5.41, 5.74) is 4.15. The van der Waals surface area contributed by atoms with Gasteiger partial charge in [-0.25, -0.2) is 13.4 Å². The lowest BCUT2D eigenvalue weighted by atomic mass is 9.99. The normalized spacial score (nSPS) is 14.1. The molecule has 0 aliphatic heterocycles. The van der Waals surface area contributed by atoms with Gasteiger partial charge in [-0.3, -0.25) is 14.4 Å². The first-order chi connectivity index (χ1) is 14.0. The van der Waals surface area contributed by atoms with Gasteiger partial charge < -0.3 is 4.98 Å². The number of benzene rings is 1. The summed E-state index contributed by atoms with van der Waals surface area (Å²) in [6.07, 6.45) is 5.35. The monoisotopic (exact) mass is 412 g/mol. The van der Waals surface area contributed by atoms with E-state index in [1.807, 2.05) is 37.4 Å². The molecular weight excluding hydrogens is 388 g/mol. The van der Waals surface area contributed by atoms with Gasteiger partial charge in [0.15, 0.2) is 0 Å². The summed E-state index contributed by atoms with van der Waals surface area (Å²) in [6.45, 7) is 3.61. The minimum atomic E-state index is -3.34. The van der Waals surface area contributed by atoms with Crippen LogP contribution in [-0.4, -0.2) is 36.6 Å². The highest BCUT2D eigenvalue weighted by Gasteiger charge is 2.30. The average molecular weight is 413 g/mol. The molecule has 1 amide bonds. The number of H-pyrrole nitrogens is 1. The van der Waals surface area contributed by atoms with Gasteiger partial charge in [-0.05, 0) is 67.1 Å². The van der Waals surface area contributed by atoms with Crippen LogP contribution in [0.4, 0.5) is 11.5 Å². The standard InChI is InChI=1S/C21H24N4O3S/c1-3-14-11-15(5-8-19(14)24-29(27,28)4-2)18-12-20(25(13-26)16-6-7-16)23-21-17(18)9-10-22-21/h5,8-13,16,24H,3-4,6-7H2,1-2H3,(H,22,23). The van der Waals surface area contributed by atoms with Crippen LogP contribution in [0, 0.1) is 0 Å². The Morgan fingerprint density at radius 3 is 2.69 bits per heavy atom. The number of carbonyl (C=O) groups excluding carboxylic acids is 1. The Labute approximate surface area is 170 Å². The van der Waals surface area contributed by atoms with E-state index >= 15 is 0 Å². The highest BCUT2D eigenvalue weighted by Crippen LogP contribution is 2.36. The maximum absolute atomic E-state index is 12.0. The van der Waals surface area contributed by atoms with Gasteiger partial charge in [0.1, 0.15) is 11.5 Å². The van der Waals surface area contributed by atoms with Crippen LogP contribution in [0.1, 0.15) is 32.3 Å². The topological polar surface area (TPSA) is 95.2 Å². The Morgan fingerprint density at radius 1 is 1.24 bits per heavy atom. The number of aryl methyl sites for hydroxylation is 1. The zero-order chi connectivity index (χ0) is 20.6. The first-order valence-corrected chi connectivity index (χ1v) is 11.5. The van der Waals surface area contributed by atoms with Crippen LogP contribution in [-0.2, 0) is 21.2 Å². The number of sulfonamides is 1. The third kappa shape index (κ3) is 3.85. The summed E-state index contributed by atoms with van der Waals surface area (Å²) in [6, 6.07) is 9.83. The van der Waals surface area contributed by atoms with Crippen molar-refractivity contribution in [2.45, 2.75) is 39.2 Å². The Kier molecular flexibility index (Phi) is 5.04. The van der Waals surface area contributed by atoms with Gasteiger partial charge >= 0.3 is 0 Å². The first kappa shape index (κ1) is 19.4. The molecule has 2 N–H and O–H groups in total. The number of nitrogens with zero attached hydrogens (tertiary/aromatic N) is 2. The zero-order valence-corrected chi connectivity index (χ0v) is 17.3. The van der Waals surface area contributed by atoms with E-state index in [-0.39, 0.29) is 11.8 Å². The second-order valence-corrected chi connectivity index (χ2v) is 9.25. The Bertz CT molecular complexity index is 1170. The van der Waals surface area contributed by atoms with E-state index in [9.17, 15) is 13.2 Å². The van der Waals surface area contributed by atoms with Crippen molar-refractivity contribution < 1.29 is 13.2 Å². The van der Waals surface area contributed by atoms with E-state index in [0.717, 1.165) is 47.0 Å². The van der Waals surface area contributed by atoms with Crippen molar-refractivity contribution in [2.75, 3.05) is 15.4 Å². The van der Waals surface area contributed by atoms with E-state index in [1.165, 1.54) is 0 Å². The second-order valence-electron chi connectivity index (χ2n) is 7.24. The third-order valence-corrected chi connectivity index (χ3v) is 6.57. The van der Waals surface area contributed by atoms with E-state index in [0.29, 0.717) is 17.9 Å². The molecule has 8 heteroatoms. The number of rotatable bonds is 8. The Morgan fingerprint density at radius 2 is 2.03 bits per heavy atom. The molecule has 1 saturated carbocycles. The van der Waals surface area contributed by atoms with Gasteiger partial charge in [0.05, 0.1) is 11.4 Å². The molecule has 4 rings (SSSR count). The number of nitrogens with one attached hydrogen (secondary N) is 2. The van der Waals surface area contributed by atoms with Crippen LogP contribution >= 0.6 is 0 Å². The molecule has 0 atom stereocenters. The lowest BCUT2D eigenvalue weighted by Gasteiger charge is -2.18. The number of carbonyl (C=O) groups is 1. The van der Waals surface area contributed by atoms with Crippen molar-refractivity contribution in [1.29, 1.82) is 0 Å². The van der Waals surface area contributed by atoms with Crippen LogP contribution in [0.5, 0.6) is 0 Å². The van der Waals surface area contributed by atoms with Gasteiger partial charge in [0, 0.05) is 17.6 Å². The number of aromatic nitrogens is 2. The molecule has 0 unspecified atom stereocenters. The van der Waals surface area contributed by atoms with E-state index < -0.39 is 10.0 Å². The minimum absolute atomic E-state index is 0.0261. The van der Waals surface area contributed by atoms with Crippen molar-refractivity contribution in [3.8, 4) is 11.1 Å². The molecule has 3 aromatic rings. The number of hydrogen-bond donors (Lipinski definition) is 2. The molecule has 1 aliphatic carbocycles. The fourth-order valence-electron chi connectivity index (χ4n) is 3.47. The predicted molar refractivity (Wildman–Crippen MR) is 116 cm³/mol. The smallest absolute Gasteiger partial charge is 0.232 e. The Balaban J connectivity index is 1.81. The van der Waals surface area contributed by atoms with Gasteiger partial charge in [0.2, 0.25) is 16.4 Å². The summed E-state index contributed by atoms with van der Waals surface area (Å²) in [7, 11) is -3.34. The second kappa shape index (κ2) is 7.51. The highest BCUT2D eigenvalue weighted by atomic mass is 32.2. The average Bonchev–Trinajstić information content (AvgIpc) is 3.44. The quantitative estimate of drug-likeness (QED) is 0.552. The molecule has 2 heterocycles. The number of hydrogen-bond acceptors (Lipinski definition) is 4. The van der Waals surface area contributed by atoms with E-state index in [2.05, 4.69) is 14.7 Å². The number of aromatic amines is 1. The fourth-order valence-corrected chi connectivity index (χ4v) is 4.15. The number of amides is 1. The van der Waals surface area contributed by atoms with Crippen molar-refractivity contribution in [1.82, 2.24) is 9.97 Å². The summed E-state index contributed by atoms with van der Waals surface area (Å²) in [4.78, 5) is 21.1. The lowest BCUT2D eigenvalue weighted by molar-refractivity contribution is -0.107. The molecule has 1 aromatic carbocycles. The predicted octanol–water partition coefficient (Wildman–Crippen LogP) is 3.68.